The van der Waals surface area contributed by atoms with Crippen LogP contribution < -0.4 is 9.47 Å². The van der Waals surface area contributed by atoms with E-state index in [1.165, 1.54) is 0 Å². The van der Waals surface area contributed by atoms with Gasteiger partial charge >= 0.3 is 0 Å². The lowest BCUT2D eigenvalue weighted by molar-refractivity contribution is 0.0721. The van der Waals surface area contributed by atoms with E-state index in [0.717, 1.165) is 25.7 Å². The van der Waals surface area contributed by atoms with Gasteiger partial charge in [-0.05, 0) is 55.7 Å². The van der Waals surface area contributed by atoms with E-state index < -0.39 is 0 Å². The minimum atomic E-state index is -0.134. The second-order valence-electron chi connectivity index (χ2n) is 7.05. The molecule has 1 aromatic carbocycles. The van der Waals surface area contributed by atoms with Gasteiger partial charge in [0, 0.05) is 18.7 Å². The first kappa shape index (κ1) is 14.8. The largest absolute Gasteiger partial charge is 0.486 e. The lowest BCUT2D eigenvalue weighted by Gasteiger charge is -2.26. The molecule has 23 heavy (non-hydrogen) atoms. The Hall–Kier alpha value is -1.75. The van der Waals surface area contributed by atoms with Crippen molar-refractivity contribution in [2.75, 3.05) is 20.3 Å². The number of amides is 1. The summed E-state index contributed by atoms with van der Waals surface area (Å²) in [6.07, 6.45) is 3.67. The second kappa shape index (κ2) is 5.71. The van der Waals surface area contributed by atoms with Crippen molar-refractivity contribution < 1.29 is 19.4 Å². The van der Waals surface area contributed by atoms with E-state index >= 15 is 0 Å². The molecule has 5 nitrogen and oxygen atoms in total. The molecule has 2 saturated carbocycles. The Labute approximate surface area is 136 Å². The van der Waals surface area contributed by atoms with Crippen LogP contribution >= 0.6 is 0 Å². The van der Waals surface area contributed by atoms with Crippen LogP contribution in [0.25, 0.3) is 0 Å². The van der Waals surface area contributed by atoms with E-state index in [1.807, 2.05) is 24.1 Å². The summed E-state index contributed by atoms with van der Waals surface area (Å²) in [5.74, 6) is 2.55. The van der Waals surface area contributed by atoms with Crippen molar-refractivity contribution in [2.24, 2.45) is 11.8 Å². The highest BCUT2D eigenvalue weighted by molar-refractivity contribution is 5.95. The number of carbonyl (C=O) groups excluding carboxylic acids is 1. The number of benzene rings is 1. The highest BCUT2D eigenvalue weighted by Crippen LogP contribution is 2.45. The lowest BCUT2D eigenvalue weighted by Crippen LogP contribution is -2.36. The maximum Gasteiger partial charge on any atom is 0.253 e. The average molecular weight is 317 g/mol. The predicted molar refractivity (Wildman–Crippen MR) is 84.8 cm³/mol. The monoisotopic (exact) mass is 317 g/mol. The van der Waals surface area contributed by atoms with Crippen molar-refractivity contribution in [2.45, 2.75) is 37.8 Å². The maximum atomic E-state index is 12.8. The van der Waals surface area contributed by atoms with Gasteiger partial charge in [0.25, 0.3) is 5.91 Å². The molecule has 0 bridgehead atoms. The fraction of sp³-hybridized carbons (Fsp3) is 0.611. The van der Waals surface area contributed by atoms with E-state index in [2.05, 4.69) is 0 Å². The molecule has 0 spiro atoms. The number of hydrogen-bond acceptors (Lipinski definition) is 4. The Morgan fingerprint density at radius 3 is 2.43 bits per heavy atom. The van der Waals surface area contributed by atoms with Crippen LogP contribution in [0.4, 0.5) is 0 Å². The Morgan fingerprint density at radius 1 is 1.09 bits per heavy atom. The van der Waals surface area contributed by atoms with Crippen molar-refractivity contribution in [3.8, 4) is 11.5 Å². The third-order valence-electron chi connectivity index (χ3n) is 5.62. The molecule has 0 radical (unpaired) electrons. The van der Waals surface area contributed by atoms with Gasteiger partial charge in [0.15, 0.2) is 11.5 Å². The molecular weight excluding hydrogens is 294 g/mol. The van der Waals surface area contributed by atoms with Crippen molar-refractivity contribution in [1.82, 2.24) is 4.90 Å². The van der Waals surface area contributed by atoms with Gasteiger partial charge in [-0.2, -0.15) is 0 Å². The summed E-state index contributed by atoms with van der Waals surface area (Å²) in [7, 11) is 1.89. The molecule has 1 aromatic rings. The zero-order valence-corrected chi connectivity index (χ0v) is 13.4. The van der Waals surface area contributed by atoms with Gasteiger partial charge in [-0.25, -0.2) is 0 Å². The molecule has 2 unspecified atom stereocenters. The van der Waals surface area contributed by atoms with Crippen LogP contribution in [0.1, 0.15) is 36.0 Å². The molecule has 1 amide bonds. The quantitative estimate of drug-likeness (QED) is 0.907. The lowest BCUT2D eigenvalue weighted by atomic mass is 10.0. The Morgan fingerprint density at radius 2 is 1.74 bits per heavy atom. The molecule has 4 rings (SSSR count). The fourth-order valence-corrected chi connectivity index (χ4v) is 4.41. The van der Waals surface area contributed by atoms with Crippen molar-refractivity contribution in [1.29, 1.82) is 0 Å². The summed E-state index contributed by atoms with van der Waals surface area (Å²) >= 11 is 0. The number of fused-ring (bicyclic) bond motifs is 2. The van der Waals surface area contributed by atoms with Crippen LogP contribution in [0, 0.1) is 11.8 Å². The topological polar surface area (TPSA) is 59.0 Å². The molecule has 3 aliphatic rings. The van der Waals surface area contributed by atoms with Crippen molar-refractivity contribution >= 4 is 5.91 Å². The van der Waals surface area contributed by atoms with Gasteiger partial charge in [-0.15, -0.1) is 0 Å². The summed E-state index contributed by atoms with van der Waals surface area (Å²) in [6, 6.07) is 5.69. The number of hydrogen-bond donors (Lipinski definition) is 1. The number of ether oxygens (including phenoxy) is 2. The predicted octanol–water partition coefficient (Wildman–Crippen LogP) is 2.08. The maximum absolute atomic E-state index is 12.8. The molecule has 2 aliphatic carbocycles. The molecule has 1 aliphatic heterocycles. The van der Waals surface area contributed by atoms with Gasteiger partial charge in [-0.1, -0.05) is 0 Å². The van der Waals surface area contributed by atoms with Crippen LogP contribution in [-0.2, 0) is 0 Å². The van der Waals surface area contributed by atoms with Crippen LogP contribution in [0.5, 0.6) is 11.5 Å². The highest BCUT2D eigenvalue weighted by Gasteiger charge is 2.43. The minimum Gasteiger partial charge on any atom is -0.486 e. The summed E-state index contributed by atoms with van der Waals surface area (Å²) in [4.78, 5) is 14.7. The molecule has 1 heterocycles. The Bertz CT molecular complexity index is 603. The summed E-state index contributed by atoms with van der Waals surface area (Å²) in [6.45, 7) is 1.08. The van der Waals surface area contributed by atoms with Gasteiger partial charge < -0.3 is 19.5 Å². The summed E-state index contributed by atoms with van der Waals surface area (Å²) in [5.41, 5.74) is 0.647. The smallest absolute Gasteiger partial charge is 0.253 e. The van der Waals surface area contributed by atoms with Gasteiger partial charge in [0.2, 0.25) is 0 Å². The Kier molecular flexibility index (Phi) is 3.68. The zero-order valence-electron chi connectivity index (χ0n) is 13.4. The third-order valence-corrected chi connectivity index (χ3v) is 5.62. The normalized spacial score (nSPS) is 31.7. The van der Waals surface area contributed by atoms with E-state index in [-0.39, 0.29) is 18.1 Å². The summed E-state index contributed by atoms with van der Waals surface area (Å²) < 4.78 is 11.1. The standard InChI is InChI=1S/C18H23NO4/c1-19(14-6-12-8-15(20)9-13(12)7-14)18(21)11-2-3-16-17(10-11)23-5-4-22-16/h2-3,10,12-15,20H,4-9H2,1H3/t12-,13+,14?,15?. The van der Waals surface area contributed by atoms with E-state index in [1.54, 1.807) is 6.07 Å². The first-order valence-corrected chi connectivity index (χ1v) is 8.46. The first-order valence-electron chi connectivity index (χ1n) is 8.46. The molecule has 5 heteroatoms. The molecule has 2 fully saturated rings. The van der Waals surface area contributed by atoms with Gasteiger partial charge in [0.05, 0.1) is 6.10 Å². The highest BCUT2D eigenvalue weighted by atomic mass is 16.6. The average Bonchev–Trinajstić information content (AvgIpc) is 3.10. The van der Waals surface area contributed by atoms with Crippen LogP contribution in [0.15, 0.2) is 18.2 Å². The molecule has 124 valence electrons. The summed E-state index contributed by atoms with van der Waals surface area (Å²) in [5, 5.41) is 9.75. The molecular formula is C18H23NO4. The molecule has 1 N–H and O–H groups in total. The van der Waals surface area contributed by atoms with E-state index in [9.17, 15) is 9.90 Å². The van der Waals surface area contributed by atoms with E-state index in [4.69, 9.17) is 9.47 Å². The van der Waals surface area contributed by atoms with Gasteiger partial charge in [-0.3, -0.25) is 4.79 Å². The number of rotatable bonds is 2. The first-order chi connectivity index (χ1) is 11.1. The number of nitrogens with zero attached hydrogens (tertiary/aromatic N) is 1. The Balaban J connectivity index is 1.47. The number of aliphatic hydroxyl groups is 1. The van der Waals surface area contributed by atoms with Crippen LogP contribution in [0.2, 0.25) is 0 Å². The van der Waals surface area contributed by atoms with Crippen LogP contribution in [0.3, 0.4) is 0 Å². The third kappa shape index (κ3) is 2.67. The molecule has 0 saturated heterocycles. The molecule has 4 atom stereocenters. The van der Waals surface area contributed by atoms with Gasteiger partial charge in [0.1, 0.15) is 13.2 Å². The SMILES string of the molecule is CN(C(=O)c1ccc2c(c1)OCCO2)C1C[C@H]2CC(O)C[C@H]2C1. The van der Waals surface area contributed by atoms with Crippen molar-refractivity contribution in [3.05, 3.63) is 23.8 Å². The minimum absolute atomic E-state index is 0.0347. The zero-order chi connectivity index (χ0) is 16.0. The molecule has 0 aromatic heterocycles. The fourth-order valence-electron chi connectivity index (χ4n) is 4.41. The van der Waals surface area contributed by atoms with E-state index in [0.29, 0.717) is 42.1 Å². The second-order valence-corrected chi connectivity index (χ2v) is 7.05. The number of carbonyl (C=O) groups is 1. The number of aliphatic hydroxyl groups excluding tert-OH is 1. The van der Waals surface area contributed by atoms with Crippen LogP contribution in [-0.4, -0.2) is 48.3 Å². The van der Waals surface area contributed by atoms with Crippen molar-refractivity contribution in [3.63, 3.8) is 0 Å².